The van der Waals surface area contributed by atoms with Crippen LogP contribution in [-0.4, -0.2) is 11.2 Å². The first-order chi connectivity index (χ1) is 14.3. The number of hydrogen-bond acceptors (Lipinski definition) is 1. The van der Waals surface area contributed by atoms with Crippen molar-refractivity contribution in [1.82, 2.24) is 0 Å². The first-order valence-electron chi connectivity index (χ1n) is 13.7. The minimum Gasteiger partial charge on any atom is -0.393 e. The van der Waals surface area contributed by atoms with Crippen molar-refractivity contribution in [2.75, 3.05) is 0 Å². The number of aliphatic hydroxyl groups excluding tert-OH is 1. The van der Waals surface area contributed by atoms with Crippen LogP contribution in [0.4, 0.5) is 0 Å². The Bertz CT molecular complexity index is 779. The van der Waals surface area contributed by atoms with Crippen LogP contribution in [0, 0.1) is 56.7 Å². The molecule has 0 aliphatic heterocycles. The average molecular weight is 427 g/mol. The normalized spacial score (nSPS) is 58.3. The van der Waals surface area contributed by atoms with Gasteiger partial charge >= 0.3 is 0 Å². The highest BCUT2D eigenvalue weighted by Gasteiger charge is 2.70. The van der Waals surface area contributed by atoms with Gasteiger partial charge in [0.05, 0.1) is 6.10 Å². The Morgan fingerprint density at radius 1 is 0.839 bits per heavy atom. The molecule has 10 atom stereocenters. The van der Waals surface area contributed by atoms with E-state index in [0.717, 1.165) is 30.6 Å². The molecule has 1 N–H and O–H groups in total. The highest BCUT2D eigenvalue weighted by molar-refractivity contribution is 5.23. The van der Waals surface area contributed by atoms with Crippen LogP contribution < -0.4 is 0 Å². The minimum atomic E-state index is -0.158. The minimum absolute atomic E-state index is 0.0697. The second-order valence-electron chi connectivity index (χ2n) is 14.7. The summed E-state index contributed by atoms with van der Waals surface area (Å²) in [6.07, 6.45) is 14.3. The molecule has 1 nitrogen and oxygen atoms in total. The predicted octanol–water partition coefficient (Wildman–Crippen LogP) is 8.02. The number of allylic oxidation sites excluding steroid dienone is 2. The molecule has 4 fully saturated rings. The van der Waals surface area contributed by atoms with Gasteiger partial charge in [-0.25, -0.2) is 0 Å². The van der Waals surface area contributed by atoms with Crippen LogP contribution >= 0.6 is 0 Å². The SMILES string of the molecule is CC1=CC[C@@]2(C)[C@H]([C@@H]1C)[C@H]1CC[C@@H]3[C@@]4(C)CCCC(C)(C)[C@@H]4CC[C@@]3(C)[C@]1(C)C[C@H]2O. The van der Waals surface area contributed by atoms with E-state index in [1.165, 1.54) is 44.9 Å². The van der Waals surface area contributed by atoms with Gasteiger partial charge in [0, 0.05) is 5.41 Å². The van der Waals surface area contributed by atoms with Crippen LogP contribution in [0.25, 0.3) is 0 Å². The third kappa shape index (κ3) is 2.65. The summed E-state index contributed by atoms with van der Waals surface area (Å²) in [6, 6.07) is 0. The van der Waals surface area contributed by atoms with E-state index in [9.17, 15) is 5.11 Å². The average Bonchev–Trinajstić information content (AvgIpc) is 2.66. The monoisotopic (exact) mass is 426 g/mol. The first-order valence-corrected chi connectivity index (χ1v) is 13.7. The summed E-state index contributed by atoms with van der Waals surface area (Å²) in [6.45, 7) is 20.4. The van der Waals surface area contributed by atoms with Gasteiger partial charge in [-0.05, 0) is 110 Å². The molecule has 0 spiro atoms. The van der Waals surface area contributed by atoms with Crippen LogP contribution in [0.5, 0.6) is 0 Å². The molecule has 31 heavy (non-hydrogen) atoms. The fraction of sp³-hybridized carbons (Fsp3) is 0.933. The maximum absolute atomic E-state index is 11.7. The van der Waals surface area contributed by atoms with Crippen LogP contribution in [-0.2, 0) is 0 Å². The Hall–Kier alpha value is -0.300. The Labute approximate surface area is 192 Å². The lowest BCUT2D eigenvalue weighted by atomic mass is 9.31. The van der Waals surface area contributed by atoms with Crippen molar-refractivity contribution in [3.63, 3.8) is 0 Å². The molecule has 0 aromatic carbocycles. The van der Waals surface area contributed by atoms with Gasteiger partial charge in [0.1, 0.15) is 0 Å². The topological polar surface area (TPSA) is 20.2 Å². The van der Waals surface area contributed by atoms with Gasteiger partial charge < -0.3 is 5.11 Å². The lowest BCUT2D eigenvalue weighted by Gasteiger charge is -2.74. The van der Waals surface area contributed by atoms with Gasteiger partial charge in [-0.2, -0.15) is 0 Å². The quantitative estimate of drug-likeness (QED) is 0.389. The van der Waals surface area contributed by atoms with Crippen molar-refractivity contribution in [3.05, 3.63) is 11.6 Å². The lowest BCUT2D eigenvalue weighted by Crippen LogP contribution is -2.68. The van der Waals surface area contributed by atoms with Crippen molar-refractivity contribution in [1.29, 1.82) is 0 Å². The molecule has 0 aromatic heterocycles. The zero-order chi connectivity index (χ0) is 22.6. The Balaban J connectivity index is 1.58. The molecule has 0 amide bonds. The zero-order valence-corrected chi connectivity index (χ0v) is 21.9. The molecule has 0 saturated heterocycles. The fourth-order valence-corrected chi connectivity index (χ4v) is 11.4. The number of rotatable bonds is 0. The summed E-state index contributed by atoms with van der Waals surface area (Å²) >= 11 is 0. The molecule has 0 heterocycles. The number of fused-ring (bicyclic) bond motifs is 7. The van der Waals surface area contributed by atoms with Gasteiger partial charge in [-0.15, -0.1) is 0 Å². The second-order valence-corrected chi connectivity index (χ2v) is 14.7. The molecule has 0 radical (unpaired) electrons. The zero-order valence-electron chi connectivity index (χ0n) is 21.9. The molecule has 1 heteroatoms. The van der Waals surface area contributed by atoms with Gasteiger partial charge in [-0.1, -0.05) is 66.5 Å². The molecule has 4 saturated carbocycles. The Morgan fingerprint density at radius 3 is 2.26 bits per heavy atom. The van der Waals surface area contributed by atoms with Gasteiger partial charge in [0.2, 0.25) is 0 Å². The second kappa shape index (κ2) is 6.64. The molecule has 0 aromatic rings. The molecule has 176 valence electrons. The Morgan fingerprint density at radius 2 is 1.55 bits per heavy atom. The maximum atomic E-state index is 11.7. The molecule has 5 aliphatic carbocycles. The van der Waals surface area contributed by atoms with Gasteiger partial charge in [0.15, 0.2) is 0 Å². The molecular weight excluding hydrogens is 376 g/mol. The van der Waals surface area contributed by atoms with Crippen molar-refractivity contribution in [3.8, 4) is 0 Å². The van der Waals surface area contributed by atoms with E-state index in [2.05, 4.69) is 61.5 Å². The van der Waals surface area contributed by atoms with E-state index < -0.39 is 0 Å². The van der Waals surface area contributed by atoms with E-state index in [-0.39, 0.29) is 16.9 Å². The standard InChI is InChI=1S/C30H50O/c1-19-12-16-28(6)24(31)18-30(8)21(25(28)20(19)2)10-11-23-27(5)15-9-14-26(3,4)22(27)13-17-29(23,30)7/h12,20-25,31H,9-11,13-18H2,1-8H3/t20-,21-,22+,23-,24-,25-,27+,28-,29-,30-/m1/s1. The smallest absolute Gasteiger partial charge is 0.0605 e. The molecule has 5 rings (SSSR count). The summed E-state index contributed by atoms with van der Waals surface area (Å²) < 4.78 is 0. The molecule has 0 unspecified atom stereocenters. The highest BCUT2D eigenvalue weighted by atomic mass is 16.3. The van der Waals surface area contributed by atoms with Crippen molar-refractivity contribution < 1.29 is 5.11 Å². The molecule has 5 aliphatic rings. The van der Waals surface area contributed by atoms with Crippen LogP contribution in [0.3, 0.4) is 0 Å². The lowest BCUT2D eigenvalue weighted by molar-refractivity contribution is -0.260. The third-order valence-electron chi connectivity index (χ3n) is 13.4. The molecule has 0 bridgehead atoms. The van der Waals surface area contributed by atoms with Crippen LogP contribution in [0.15, 0.2) is 11.6 Å². The Kier molecular flexibility index (Phi) is 4.82. The summed E-state index contributed by atoms with van der Waals surface area (Å²) in [4.78, 5) is 0. The van der Waals surface area contributed by atoms with Crippen LogP contribution in [0.1, 0.15) is 113 Å². The first kappa shape index (κ1) is 22.5. The summed E-state index contributed by atoms with van der Waals surface area (Å²) in [5.41, 5.74) is 3.27. The largest absolute Gasteiger partial charge is 0.393 e. The van der Waals surface area contributed by atoms with E-state index in [0.29, 0.717) is 28.1 Å². The maximum Gasteiger partial charge on any atom is 0.0605 e. The van der Waals surface area contributed by atoms with Crippen molar-refractivity contribution in [2.45, 2.75) is 119 Å². The fourth-order valence-electron chi connectivity index (χ4n) is 11.4. The third-order valence-corrected chi connectivity index (χ3v) is 13.4. The van der Waals surface area contributed by atoms with Crippen molar-refractivity contribution >= 4 is 0 Å². The predicted molar refractivity (Wildman–Crippen MR) is 131 cm³/mol. The van der Waals surface area contributed by atoms with Gasteiger partial charge in [-0.3, -0.25) is 0 Å². The van der Waals surface area contributed by atoms with E-state index in [4.69, 9.17) is 0 Å². The summed E-state index contributed by atoms with van der Waals surface area (Å²) in [5, 5.41) is 11.7. The van der Waals surface area contributed by atoms with Crippen molar-refractivity contribution in [2.24, 2.45) is 56.7 Å². The summed E-state index contributed by atoms with van der Waals surface area (Å²) in [5.74, 6) is 3.71. The summed E-state index contributed by atoms with van der Waals surface area (Å²) in [7, 11) is 0. The number of aliphatic hydroxyl groups is 1. The number of hydrogen-bond donors (Lipinski definition) is 1. The van der Waals surface area contributed by atoms with E-state index in [1.54, 1.807) is 5.57 Å². The highest BCUT2D eigenvalue weighted by Crippen LogP contribution is 2.76. The van der Waals surface area contributed by atoms with E-state index in [1.807, 2.05) is 0 Å². The van der Waals surface area contributed by atoms with Gasteiger partial charge in [0.25, 0.3) is 0 Å². The van der Waals surface area contributed by atoms with Crippen LogP contribution in [0.2, 0.25) is 0 Å². The molecular formula is C30H50O. The van der Waals surface area contributed by atoms with E-state index >= 15 is 0 Å².